The van der Waals surface area contributed by atoms with E-state index in [4.69, 9.17) is 0 Å². The average Bonchev–Trinajstić information content (AvgIpc) is 2.66. The van der Waals surface area contributed by atoms with E-state index in [1.807, 2.05) is 17.0 Å². The Morgan fingerprint density at radius 3 is 2.80 bits per heavy atom. The molecule has 2 amide bonds. The van der Waals surface area contributed by atoms with Crippen molar-refractivity contribution < 1.29 is 9.59 Å². The predicted octanol–water partition coefficient (Wildman–Crippen LogP) is 2.28. The maximum atomic E-state index is 12.6. The van der Waals surface area contributed by atoms with Crippen LogP contribution in [0.2, 0.25) is 0 Å². The molecule has 6 nitrogen and oxygen atoms in total. The fourth-order valence-electron chi connectivity index (χ4n) is 3.01. The third-order valence-corrected chi connectivity index (χ3v) is 4.39. The summed E-state index contributed by atoms with van der Waals surface area (Å²) in [6.07, 6.45) is 7.05. The van der Waals surface area contributed by atoms with Crippen molar-refractivity contribution in [3.63, 3.8) is 0 Å². The molecule has 0 radical (unpaired) electrons. The molecule has 0 aliphatic carbocycles. The Bertz CT molecular complexity index is 748. The first-order chi connectivity index (χ1) is 12.1. The minimum absolute atomic E-state index is 0.102. The van der Waals surface area contributed by atoms with Gasteiger partial charge < -0.3 is 10.2 Å². The molecule has 25 heavy (non-hydrogen) atoms. The third kappa shape index (κ3) is 4.41. The number of pyridine rings is 2. The van der Waals surface area contributed by atoms with Crippen LogP contribution in [-0.2, 0) is 6.54 Å². The van der Waals surface area contributed by atoms with E-state index in [-0.39, 0.29) is 11.8 Å². The highest BCUT2D eigenvalue weighted by atomic mass is 16.2. The number of piperidine rings is 1. The lowest BCUT2D eigenvalue weighted by Gasteiger charge is -2.30. The minimum atomic E-state index is -0.222. The molecule has 0 bridgehead atoms. The van der Waals surface area contributed by atoms with Crippen molar-refractivity contribution in [1.82, 2.24) is 20.2 Å². The van der Waals surface area contributed by atoms with Crippen LogP contribution in [0.4, 0.5) is 0 Å². The van der Waals surface area contributed by atoms with Crippen LogP contribution >= 0.6 is 0 Å². The number of aromatic nitrogens is 2. The molecule has 1 N–H and O–H groups in total. The molecule has 6 heteroatoms. The molecule has 1 atom stereocenters. The van der Waals surface area contributed by atoms with Gasteiger partial charge in [-0.15, -0.1) is 0 Å². The summed E-state index contributed by atoms with van der Waals surface area (Å²) < 4.78 is 0. The van der Waals surface area contributed by atoms with Crippen LogP contribution < -0.4 is 5.32 Å². The smallest absolute Gasteiger partial charge is 0.272 e. The van der Waals surface area contributed by atoms with Crippen LogP contribution in [0.15, 0.2) is 42.9 Å². The standard InChI is InChI=1S/C19H22N4O2/c1-14-3-2-10-23(13-14)19(25)17-11-16(6-9-21-17)18(24)22-12-15-4-7-20-8-5-15/h4-9,11,14H,2-3,10,12-13H2,1H3,(H,22,24). The van der Waals surface area contributed by atoms with Gasteiger partial charge in [0.15, 0.2) is 0 Å². The molecule has 1 saturated heterocycles. The van der Waals surface area contributed by atoms with Gasteiger partial charge in [0.25, 0.3) is 11.8 Å². The summed E-state index contributed by atoms with van der Waals surface area (Å²) in [5, 5.41) is 2.85. The highest BCUT2D eigenvalue weighted by molar-refractivity contribution is 5.98. The van der Waals surface area contributed by atoms with Gasteiger partial charge >= 0.3 is 0 Å². The topological polar surface area (TPSA) is 75.2 Å². The molecular formula is C19H22N4O2. The SMILES string of the molecule is CC1CCCN(C(=O)c2cc(C(=O)NCc3ccncc3)ccn2)C1. The van der Waals surface area contributed by atoms with Crippen LogP contribution in [-0.4, -0.2) is 39.8 Å². The zero-order valence-corrected chi connectivity index (χ0v) is 14.3. The van der Waals surface area contributed by atoms with Gasteiger partial charge in [-0.3, -0.25) is 19.6 Å². The number of nitrogens with one attached hydrogen (secondary N) is 1. The number of rotatable bonds is 4. The van der Waals surface area contributed by atoms with Crippen LogP contribution in [0.3, 0.4) is 0 Å². The zero-order valence-electron chi connectivity index (χ0n) is 14.3. The Labute approximate surface area is 147 Å². The summed E-state index contributed by atoms with van der Waals surface area (Å²) in [5.41, 5.74) is 1.74. The van der Waals surface area contributed by atoms with Gasteiger partial charge in [-0.2, -0.15) is 0 Å². The number of likely N-dealkylation sites (tertiary alicyclic amines) is 1. The third-order valence-electron chi connectivity index (χ3n) is 4.39. The van der Waals surface area contributed by atoms with E-state index in [2.05, 4.69) is 22.2 Å². The Balaban J connectivity index is 1.66. The Morgan fingerprint density at radius 1 is 1.24 bits per heavy atom. The van der Waals surface area contributed by atoms with E-state index in [9.17, 15) is 9.59 Å². The van der Waals surface area contributed by atoms with Crippen molar-refractivity contribution in [2.75, 3.05) is 13.1 Å². The summed E-state index contributed by atoms with van der Waals surface area (Å²) in [5.74, 6) is 0.181. The number of hydrogen-bond acceptors (Lipinski definition) is 4. The largest absolute Gasteiger partial charge is 0.348 e. The lowest BCUT2D eigenvalue weighted by molar-refractivity contribution is 0.0677. The first-order valence-electron chi connectivity index (χ1n) is 8.56. The molecule has 3 rings (SSSR count). The molecule has 1 aliphatic heterocycles. The van der Waals surface area contributed by atoms with Gasteiger partial charge in [-0.1, -0.05) is 6.92 Å². The van der Waals surface area contributed by atoms with Crippen LogP contribution in [0.5, 0.6) is 0 Å². The summed E-state index contributed by atoms with van der Waals surface area (Å²) in [4.78, 5) is 34.9. The van der Waals surface area contributed by atoms with Crippen LogP contribution in [0.25, 0.3) is 0 Å². The van der Waals surface area contributed by atoms with Crippen LogP contribution in [0, 0.1) is 5.92 Å². The molecule has 0 spiro atoms. The maximum absolute atomic E-state index is 12.6. The second-order valence-electron chi connectivity index (χ2n) is 6.47. The van der Waals surface area contributed by atoms with Gasteiger partial charge in [0.1, 0.15) is 5.69 Å². The Morgan fingerprint density at radius 2 is 2.04 bits per heavy atom. The second-order valence-corrected chi connectivity index (χ2v) is 6.47. The second kappa shape index (κ2) is 7.88. The summed E-state index contributed by atoms with van der Waals surface area (Å²) in [6, 6.07) is 6.89. The first-order valence-corrected chi connectivity index (χ1v) is 8.56. The van der Waals surface area contributed by atoms with Crippen molar-refractivity contribution in [3.8, 4) is 0 Å². The molecular weight excluding hydrogens is 316 g/mol. The number of nitrogens with zero attached hydrogens (tertiary/aromatic N) is 3. The molecule has 130 valence electrons. The molecule has 0 saturated carbocycles. The quantitative estimate of drug-likeness (QED) is 0.928. The van der Waals surface area contributed by atoms with Gasteiger partial charge in [0.05, 0.1) is 0 Å². The van der Waals surface area contributed by atoms with Crippen molar-refractivity contribution >= 4 is 11.8 Å². The van der Waals surface area contributed by atoms with Crippen LogP contribution in [0.1, 0.15) is 46.2 Å². The highest BCUT2D eigenvalue weighted by Crippen LogP contribution is 2.17. The van der Waals surface area contributed by atoms with Crippen molar-refractivity contribution in [2.24, 2.45) is 5.92 Å². The van der Waals surface area contributed by atoms with E-state index in [1.54, 1.807) is 24.5 Å². The highest BCUT2D eigenvalue weighted by Gasteiger charge is 2.23. The van der Waals surface area contributed by atoms with Gasteiger partial charge in [0.2, 0.25) is 0 Å². The number of carbonyl (C=O) groups is 2. The minimum Gasteiger partial charge on any atom is -0.348 e. The van der Waals surface area contributed by atoms with E-state index in [0.29, 0.717) is 23.7 Å². The van der Waals surface area contributed by atoms with E-state index in [1.165, 1.54) is 6.20 Å². The zero-order chi connectivity index (χ0) is 17.6. The van der Waals surface area contributed by atoms with Gasteiger partial charge in [-0.25, -0.2) is 0 Å². The molecule has 1 unspecified atom stereocenters. The van der Waals surface area contributed by atoms with Crippen molar-refractivity contribution in [3.05, 3.63) is 59.7 Å². The molecule has 1 aliphatic rings. The van der Waals surface area contributed by atoms with E-state index >= 15 is 0 Å². The first kappa shape index (κ1) is 17.1. The average molecular weight is 338 g/mol. The lowest BCUT2D eigenvalue weighted by atomic mass is 10.00. The maximum Gasteiger partial charge on any atom is 0.272 e. The molecule has 1 fully saturated rings. The number of amides is 2. The fourth-order valence-corrected chi connectivity index (χ4v) is 3.01. The van der Waals surface area contributed by atoms with E-state index in [0.717, 1.165) is 31.5 Å². The van der Waals surface area contributed by atoms with E-state index < -0.39 is 0 Å². The molecule has 2 aromatic heterocycles. The van der Waals surface area contributed by atoms with Crippen molar-refractivity contribution in [1.29, 1.82) is 0 Å². The summed E-state index contributed by atoms with van der Waals surface area (Å²) >= 11 is 0. The normalized spacial score (nSPS) is 17.2. The Hall–Kier alpha value is -2.76. The monoisotopic (exact) mass is 338 g/mol. The molecule has 2 aromatic rings. The molecule has 3 heterocycles. The fraction of sp³-hybridized carbons (Fsp3) is 0.368. The summed E-state index contributed by atoms with van der Waals surface area (Å²) in [7, 11) is 0. The number of carbonyl (C=O) groups excluding carboxylic acids is 2. The lowest BCUT2D eigenvalue weighted by Crippen LogP contribution is -2.39. The predicted molar refractivity (Wildman–Crippen MR) is 93.9 cm³/mol. The van der Waals surface area contributed by atoms with Gasteiger partial charge in [-0.05, 0) is 48.6 Å². The Kier molecular flexibility index (Phi) is 5.38. The van der Waals surface area contributed by atoms with Gasteiger partial charge in [0, 0.05) is 43.8 Å². The van der Waals surface area contributed by atoms with Crippen molar-refractivity contribution in [2.45, 2.75) is 26.3 Å². The number of hydrogen-bond donors (Lipinski definition) is 1. The molecule has 0 aromatic carbocycles. The summed E-state index contributed by atoms with van der Waals surface area (Å²) in [6.45, 7) is 4.06.